The Bertz CT molecular complexity index is 2300. The lowest BCUT2D eigenvalue weighted by molar-refractivity contribution is 0.487. The van der Waals surface area contributed by atoms with Gasteiger partial charge in [-0.25, -0.2) is 0 Å². The second-order valence-corrected chi connectivity index (χ2v) is 11.8. The van der Waals surface area contributed by atoms with Crippen molar-refractivity contribution in [1.82, 2.24) is 9.13 Å². The average Bonchev–Trinajstić information content (AvgIpc) is 3.52. The van der Waals surface area contributed by atoms with Crippen LogP contribution in [0.5, 0.6) is 11.5 Å². The average molecular weight is 524 g/mol. The standard InChI is InChI=1S/C37H25BN2O/c1-22-16-18-26-24-8-2-4-12-30(24)39(33(26)20-22)23-17-19-28-35(21-23)41-34-15-7-14-32-36(34)38(28)29-11-6-10-27-25-9-3-5-13-31(25)40(32)37(27)29/h2-19,21-22H,20H2,1H3. The van der Waals surface area contributed by atoms with Gasteiger partial charge in [-0.05, 0) is 59.1 Å². The number of aromatic nitrogens is 2. The van der Waals surface area contributed by atoms with Crippen molar-refractivity contribution in [3.8, 4) is 22.9 Å². The predicted molar refractivity (Wildman–Crippen MR) is 171 cm³/mol. The predicted octanol–water partition coefficient (Wildman–Crippen LogP) is 6.87. The second-order valence-electron chi connectivity index (χ2n) is 11.8. The van der Waals surface area contributed by atoms with Gasteiger partial charge >= 0.3 is 0 Å². The topological polar surface area (TPSA) is 19.1 Å². The van der Waals surface area contributed by atoms with E-state index < -0.39 is 0 Å². The smallest absolute Gasteiger partial charge is 0.256 e. The summed E-state index contributed by atoms with van der Waals surface area (Å²) >= 11 is 0. The Hall–Kier alpha value is -4.96. The van der Waals surface area contributed by atoms with Crippen molar-refractivity contribution in [2.75, 3.05) is 0 Å². The molecule has 4 heterocycles. The normalized spacial score (nSPS) is 16.1. The maximum atomic E-state index is 6.80. The molecule has 0 amide bonds. The Morgan fingerprint density at radius 1 is 0.707 bits per heavy atom. The molecule has 0 saturated carbocycles. The van der Waals surface area contributed by atoms with Crippen molar-refractivity contribution in [3.63, 3.8) is 0 Å². The lowest BCUT2D eigenvalue weighted by Crippen LogP contribution is -2.58. The summed E-state index contributed by atoms with van der Waals surface area (Å²) in [5.41, 5.74) is 12.8. The van der Waals surface area contributed by atoms with Gasteiger partial charge in [0.25, 0.3) is 6.71 Å². The van der Waals surface area contributed by atoms with E-state index in [0.29, 0.717) is 5.92 Å². The Kier molecular flexibility index (Phi) is 4.05. The van der Waals surface area contributed by atoms with Gasteiger partial charge in [-0.3, -0.25) is 0 Å². The van der Waals surface area contributed by atoms with Crippen molar-refractivity contribution < 1.29 is 4.74 Å². The third-order valence-corrected chi connectivity index (χ3v) is 9.52. The van der Waals surface area contributed by atoms with E-state index in [4.69, 9.17) is 4.74 Å². The highest BCUT2D eigenvalue weighted by molar-refractivity contribution is 6.99. The molecule has 41 heavy (non-hydrogen) atoms. The first-order valence-electron chi connectivity index (χ1n) is 14.5. The second kappa shape index (κ2) is 7.61. The van der Waals surface area contributed by atoms with Crippen LogP contribution >= 0.6 is 0 Å². The summed E-state index contributed by atoms with van der Waals surface area (Å²) in [6.45, 7) is 2.42. The molecule has 0 spiro atoms. The molecule has 3 aliphatic rings. The molecule has 10 rings (SSSR count). The molecule has 0 N–H and O–H groups in total. The van der Waals surface area contributed by atoms with Crippen LogP contribution in [-0.2, 0) is 6.42 Å². The zero-order valence-corrected chi connectivity index (χ0v) is 22.6. The summed E-state index contributed by atoms with van der Waals surface area (Å²) in [6, 6.07) is 37.8. The van der Waals surface area contributed by atoms with E-state index in [1.807, 2.05) is 0 Å². The molecule has 7 aromatic rings. The van der Waals surface area contributed by atoms with Gasteiger partial charge in [-0.15, -0.1) is 0 Å². The summed E-state index contributed by atoms with van der Waals surface area (Å²) < 4.78 is 11.7. The number of para-hydroxylation sites is 3. The minimum atomic E-state index is 0.123. The molecule has 0 bridgehead atoms. The van der Waals surface area contributed by atoms with Crippen LogP contribution in [0.4, 0.5) is 0 Å². The van der Waals surface area contributed by atoms with Gasteiger partial charge in [0.15, 0.2) is 0 Å². The number of ether oxygens (including phenoxy) is 1. The molecule has 2 aromatic heterocycles. The van der Waals surface area contributed by atoms with Crippen LogP contribution in [-0.4, -0.2) is 15.8 Å². The Morgan fingerprint density at radius 3 is 2.39 bits per heavy atom. The van der Waals surface area contributed by atoms with Crippen LogP contribution in [0, 0.1) is 5.92 Å². The fourth-order valence-corrected chi connectivity index (χ4v) is 7.85. The van der Waals surface area contributed by atoms with Gasteiger partial charge in [0, 0.05) is 50.4 Å². The number of hydrogen-bond acceptors (Lipinski definition) is 1. The van der Waals surface area contributed by atoms with Gasteiger partial charge < -0.3 is 13.9 Å². The quantitative estimate of drug-likeness (QED) is 0.215. The van der Waals surface area contributed by atoms with Gasteiger partial charge in [0.1, 0.15) is 11.5 Å². The van der Waals surface area contributed by atoms with Crippen LogP contribution in [0.15, 0.2) is 109 Å². The van der Waals surface area contributed by atoms with E-state index in [1.165, 1.54) is 66.0 Å². The molecular weight excluding hydrogens is 499 g/mol. The zero-order chi connectivity index (χ0) is 26.8. The summed E-state index contributed by atoms with van der Waals surface area (Å²) in [5, 5.41) is 3.92. The van der Waals surface area contributed by atoms with Gasteiger partial charge in [0.2, 0.25) is 0 Å². The summed E-state index contributed by atoms with van der Waals surface area (Å²) in [6.07, 6.45) is 5.68. The fourth-order valence-electron chi connectivity index (χ4n) is 7.85. The van der Waals surface area contributed by atoms with E-state index in [2.05, 4.69) is 131 Å². The van der Waals surface area contributed by atoms with Crippen molar-refractivity contribution in [2.24, 2.45) is 5.92 Å². The summed E-state index contributed by atoms with van der Waals surface area (Å²) in [4.78, 5) is 0. The van der Waals surface area contributed by atoms with E-state index in [9.17, 15) is 0 Å². The highest BCUT2D eigenvalue weighted by Crippen LogP contribution is 2.39. The highest BCUT2D eigenvalue weighted by atomic mass is 16.5. The van der Waals surface area contributed by atoms with Gasteiger partial charge in [-0.2, -0.15) is 0 Å². The van der Waals surface area contributed by atoms with Crippen LogP contribution in [0.2, 0.25) is 0 Å². The lowest BCUT2D eigenvalue weighted by Gasteiger charge is -2.33. The minimum Gasteiger partial charge on any atom is -0.458 e. The zero-order valence-electron chi connectivity index (χ0n) is 22.6. The van der Waals surface area contributed by atoms with Crippen LogP contribution in [0.1, 0.15) is 18.2 Å². The third-order valence-electron chi connectivity index (χ3n) is 9.52. The monoisotopic (exact) mass is 524 g/mol. The molecule has 1 atom stereocenters. The first kappa shape index (κ1) is 21.8. The number of rotatable bonds is 1. The fraction of sp³-hybridized carbons (Fsp3) is 0.0811. The van der Waals surface area contributed by atoms with Crippen molar-refractivity contribution in [1.29, 1.82) is 0 Å². The van der Waals surface area contributed by atoms with E-state index in [0.717, 1.165) is 23.6 Å². The van der Waals surface area contributed by atoms with E-state index in [-0.39, 0.29) is 6.71 Å². The minimum absolute atomic E-state index is 0.123. The third kappa shape index (κ3) is 2.70. The molecule has 3 nitrogen and oxygen atoms in total. The number of fused-ring (bicyclic) bond motifs is 10. The maximum Gasteiger partial charge on any atom is 0.256 e. The van der Waals surface area contributed by atoms with E-state index >= 15 is 0 Å². The van der Waals surface area contributed by atoms with Crippen molar-refractivity contribution in [3.05, 3.63) is 120 Å². The first-order valence-corrected chi connectivity index (χ1v) is 14.5. The largest absolute Gasteiger partial charge is 0.458 e. The molecule has 0 radical (unpaired) electrons. The molecule has 1 aliphatic carbocycles. The SMILES string of the molecule is CC1C=Cc2c(n(-c3ccc4c(c3)Oc3cccc5c3B4c3cccc4c6ccccc6n-5c34)c3ccccc23)C1. The maximum absolute atomic E-state index is 6.80. The van der Waals surface area contributed by atoms with Crippen molar-refractivity contribution in [2.45, 2.75) is 13.3 Å². The van der Waals surface area contributed by atoms with Crippen LogP contribution in [0.3, 0.4) is 0 Å². The Labute approximate surface area is 238 Å². The summed E-state index contributed by atoms with van der Waals surface area (Å²) in [5.74, 6) is 2.41. The Morgan fingerprint density at radius 2 is 1.49 bits per heavy atom. The molecule has 4 heteroatoms. The molecule has 0 fully saturated rings. The van der Waals surface area contributed by atoms with Gasteiger partial charge in [-0.1, -0.05) is 85.8 Å². The number of benzene rings is 5. The molecule has 2 aliphatic heterocycles. The molecule has 5 aromatic carbocycles. The highest BCUT2D eigenvalue weighted by Gasteiger charge is 2.40. The first-order chi connectivity index (χ1) is 20.3. The molecule has 0 saturated heterocycles. The van der Waals surface area contributed by atoms with Gasteiger partial charge in [0.05, 0.1) is 11.0 Å². The summed E-state index contributed by atoms with van der Waals surface area (Å²) in [7, 11) is 0. The number of allylic oxidation sites excluding steroid dienone is 1. The van der Waals surface area contributed by atoms with Crippen LogP contribution < -0.4 is 21.1 Å². The van der Waals surface area contributed by atoms with E-state index in [1.54, 1.807) is 0 Å². The molecular formula is C37H25BN2O. The molecule has 192 valence electrons. The van der Waals surface area contributed by atoms with Crippen LogP contribution in [0.25, 0.3) is 50.2 Å². The van der Waals surface area contributed by atoms with Crippen molar-refractivity contribution >= 4 is 61.9 Å². The lowest BCUT2D eigenvalue weighted by atomic mass is 9.34. The number of nitrogens with zero attached hydrogens (tertiary/aromatic N) is 2. The molecule has 1 unspecified atom stereocenters. The Balaban J connectivity index is 1.24. The number of hydrogen-bond donors (Lipinski definition) is 0.